The minimum atomic E-state index is -4.27. The Morgan fingerprint density at radius 3 is 1.12 bits per heavy atom. The lowest BCUT2D eigenvalue weighted by atomic mass is 10.0. The fourth-order valence-electron chi connectivity index (χ4n) is 7.67. The summed E-state index contributed by atoms with van der Waals surface area (Å²) < 4.78 is 35.1. The largest absolute Gasteiger partial charge is 0.472 e. The molecule has 0 aliphatic rings. The molecule has 0 aromatic carbocycles. The van der Waals surface area contributed by atoms with E-state index in [9.17, 15) is 14.3 Å². The summed E-state index contributed by atoms with van der Waals surface area (Å²) in [7, 11) is 1.69. The molecular formula is C50H103NO7P+. The number of carbonyl (C=O) groups excluding carboxylic acids is 1. The fraction of sp³-hybridized carbons (Fsp3) is 0.980. The van der Waals surface area contributed by atoms with Gasteiger partial charge in [-0.3, -0.25) is 13.8 Å². The van der Waals surface area contributed by atoms with Crippen molar-refractivity contribution < 1.29 is 37.3 Å². The zero-order valence-corrected chi connectivity index (χ0v) is 41.2. The number of quaternary nitrogens is 1. The molecule has 0 rings (SSSR count). The Bertz CT molecular complexity index is 914. The van der Waals surface area contributed by atoms with E-state index in [4.69, 9.17) is 18.5 Å². The van der Waals surface area contributed by atoms with Crippen LogP contribution in [0.3, 0.4) is 0 Å². The molecule has 0 saturated carbocycles. The van der Waals surface area contributed by atoms with E-state index in [2.05, 4.69) is 13.8 Å². The van der Waals surface area contributed by atoms with Gasteiger partial charge in [0.15, 0.2) is 0 Å². The average molecular weight is 861 g/mol. The van der Waals surface area contributed by atoms with Crippen molar-refractivity contribution in [1.29, 1.82) is 0 Å². The maximum absolute atomic E-state index is 12.7. The summed E-state index contributed by atoms with van der Waals surface area (Å²) in [5.41, 5.74) is 0. The molecule has 9 heteroatoms. The molecular weight excluding hydrogens is 758 g/mol. The van der Waals surface area contributed by atoms with Crippen molar-refractivity contribution in [3.63, 3.8) is 0 Å². The molecule has 0 amide bonds. The van der Waals surface area contributed by atoms with Gasteiger partial charge in [0.05, 0.1) is 34.4 Å². The molecule has 1 N–H and O–H groups in total. The number of unbranched alkanes of at least 4 members (excludes halogenated alkanes) is 35. The van der Waals surface area contributed by atoms with Gasteiger partial charge in [0.2, 0.25) is 0 Å². The van der Waals surface area contributed by atoms with Crippen molar-refractivity contribution in [3.05, 3.63) is 0 Å². The van der Waals surface area contributed by atoms with Gasteiger partial charge in [0.1, 0.15) is 19.3 Å². The molecule has 0 radical (unpaired) electrons. The predicted molar refractivity (Wildman–Crippen MR) is 252 cm³/mol. The first-order valence-electron chi connectivity index (χ1n) is 25.8. The maximum Gasteiger partial charge on any atom is 0.472 e. The highest BCUT2D eigenvalue weighted by atomic mass is 31.2. The molecule has 0 heterocycles. The number of ether oxygens (including phenoxy) is 2. The summed E-state index contributed by atoms with van der Waals surface area (Å²) >= 11 is 0. The molecule has 0 fully saturated rings. The van der Waals surface area contributed by atoms with Crippen molar-refractivity contribution in [3.8, 4) is 0 Å². The Kier molecular flexibility index (Phi) is 43.7. The van der Waals surface area contributed by atoms with Crippen molar-refractivity contribution in [2.24, 2.45) is 0 Å². The summed E-state index contributed by atoms with van der Waals surface area (Å²) in [6.07, 6.45) is 48.6. The summed E-state index contributed by atoms with van der Waals surface area (Å²) in [6.45, 7) is 5.70. The molecule has 0 aromatic heterocycles. The molecule has 354 valence electrons. The van der Waals surface area contributed by atoms with E-state index in [1.54, 1.807) is 0 Å². The van der Waals surface area contributed by atoms with Crippen LogP contribution in [0.2, 0.25) is 0 Å². The van der Waals surface area contributed by atoms with Crippen LogP contribution in [0.15, 0.2) is 0 Å². The number of phosphoric ester groups is 1. The maximum atomic E-state index is 12.7. The topological polar surface area (TPSA) is 91.3 Å². The molecule has 0 aromatic rings. The zero-order valence-electron chi connectivity index (χ0n) is 40.3. The second-order valence-electron chi connectivity index (χ2n) is 18.9. The Balaban J connectivity index is 4.01. The Morgan fingerprint density at radius 1 is 0.458 bits per heavy atom. The van der Waals surface area contributed by atoms with Gasteiger partial charge in [0.25, 0.3) is 0 Å². The fourth-order valence-corrected chi connectivity index (χ4v) is 8.42. The highest BCUT2D eigenvalue weighted by Gasteiger charge is 2.26. The summed E-state index contributed by atoms with van der Waals surface area (Å²) in [5, 5.41) is 0. The number of hydrogen-bond acceptors (Lipinski definition) is 6. The van der Waals surface area contributed by atoms with Crippen molar-refractivity contribution >= 4 is 13.8 Å². The monoisotopic (exact) mass is 861 g/mol. The second kappa shape index (κ2) is 44.1. The predicted octanol–water partition coefficient (Wildman–Crippen LogP) is 15.6. The summed E-state index contributed by atoms with van der Waals surface area (Å²) in [5.74, 6) is -0.305. The third kappa shape index (κ3) is 48.4. The first-order chi connectivity index (χ1) is 28.6. The third-order valence-electron chi connectivity index (χ3n) is 11.7. The highest BCUT2D eigenvalue weighted by Crippen LogP contribution is 2.43. The standard InChI is InChI=1S/C50H102NO7P/c1-6-8-10-12-14-16-18-20-21-22-23-24-25-26-27-28-29-30-31-33-35-37-39-41-43-50(52)58-49(48-57-59(53,54)56-46-44-51(3,4)5)47-55-45-42-40-38-36-34-32-19-17-15-13-11-9-7-2/h49H,6-48H2,1-5H3/p+1. The van der Waals surface area contributed by atoms with Gasteiger partial charge in [-0.1, -0.05) is 239 Å². The molecule has 0 saturated heterocycles. The van der Waals surface area contributed by atoms with Gasteiger partial charge in [0, 0.05) is 13.0 Å². The zero-order chi connectivity index (χ0) is 43.4. The van der Waals surface area contributed by atoms with Gasteiger partial charge in [-0.05, 0) is 12.8 Å². The van der Waals surface area contributed by atoms with Gasteiger partial charge in [-0.15, -0.1) is 0 Å². The van der Waals surface area contributed by atoms with E-state index >= 15 is 0 Å². The van der Waals surface area contributed by atoms with Crippen molar-refractivity contribution in [2.45, 2.75) is 264 Å². The molecule has 2 atom stereocenters. The number of phosphoric acid groups is 1. The minimum Gasteiger partial charge on any atom is -0.457 e. The van der Waals surface area contributed by atoms with Crippen LogP contribution in [0.4, 0.5) is 0 Å². The van der Waals surface area contributed by atoms with E-state index in [-0.39, 0.29) is 25.8 Å². The lowest BCUT2D eigenvalue weighted by molar-refractivity contribution is -0.870. The van der Waals surface area contributed by atoms with Crippen LogP contribution >= 0.6 is 7.82 Å². The van der Waals surface area contributed by atoms with Gasteiger partial charge >= 0.3 is 13.8 Å². The number of hydrogen-bond donors (Lipinski definition) is 1. The quantitative estimate of drug-likeness (QED) is 0.0282. The highest BCUT2D eigenvalue weighted by molar-refractivity contribution is 7.47. The third-order valence-corrected chi connectivity index (χ3v) is 12.7. The second-order valence-corrected chi connectivity index (χ2v) is 20.4. The number of nitrogens with zero attached hydrogens (tertiary/aromatic N) is 1. The lowest BCUT2D eigenvalue weighted by Gasteiger charge is -2.24. The van der Waals surface area contributed by atoms with Crippen molar-refractivity contribution in [2.75, 3.05) is 54.1 Å². The Labute approximate surface area is 368 Å². The first-order valence-corrected chi connectivity index (χ1v) is 27.3. The van der Waals surface area contributed by atoms with Gasteiger partial charge < -0.3 is 18.9 Å². The average Bonchev–Trinajstić information content (AvgIpc) is 3.19. The van der Waals surface area contributed by atoms with Crippen LogP contribution in [0.1, 0.15) is 258 Å². The number of rotatable bonds is 49. The SMILES string of the molecule is CCCCCCCCCCCCCCCCCCCCCCCCCCC(=O)OC(COCCCCCCCCCCCCCCC)COP(=O)(O)OCC[N+](C)(C)C. The summed E-state index contributed by atoms with van der Waals surface area (Å²) in [6, 6.07) is 0. The molecule has 8 nitrogen and oxygen atoms in total. The summed E-state index contributed by atoms with van der Waals surface area (Å²) in [4.78, 5) is 23.0. The minimum absolute atomic E-state index is 0.0941. The van der Waals surface area contributed by atoms with Crippen LogP contribution in [0.25, 0.3) is 0 Å². The number of carbonyl (C=O) groups is 1. The van der Waals surface area contributed by atoms with Crippen LogP contribution in [0.5, 0.6) is 0 Å². The van der Waals surface area contributed by atoms with Crippen molar-refractivity contribution in [1.82, 2.24) is 0 Å². The van der Waals surface area contributed by atoms with E-state index in [0.29, 0.717) is 24.1 Å². The molecule has 0 bridgehead atoms. The number of esters is 1. The molecule has 0 aliphatic heterocycles. The van der Waals surface area contributed by atoms with Crippen LogP contribution in [0, 0.1) is 0 Å². The van der Waals surface area contributed by atoms with E-state index < -0.39 is 13.9 Å². The Morgan fingerprint density at radius 2 is 0.780 bits per heavy atom. The van der Waals surface area contributed by atoms with Crippen LogP contribution < -0.4 is 0 Å². The number of likely N-dealkylation sites (N-methyl/N-ethyl adjacent to an activating group) is 1. The van der Waals surface area contributed by atoms with E-state index in [1.165, 1.54) is 205 Å². The van der Waals surface area contributed by atoms with E-state index in [1.807, 2.05) is 21.1 Å². The smallest absolute Gasteiger partial charge is 0.457 e. The lowest BCUT2D eigenvalue weighted by Crippen LogP contribution is -2.37. The van der Waals surface area contributed by atoms with Gasteiger partial charge in [-0.25, -0.2) is 4.57 Å². The van der Waals surface area contributed by atoms with Crippen LogP contribution in [-0.2, 0) is 27.9 Å². The molecule has 0 aliphatic carbocycles. The van der Waals surface area contributed by atoms with Gasteiger partial charge in [-0.2, -0.15) is 0 Å². The Hall–Kier alpha value is -0.500. The van der Waals surface area contributed by atoms with E-state index in [0.717, 1.165) is 32.1 Å². The van der Waals surface area contributed by atoms with Crippen LogP contribution in [-0.4, -0.2) is 75.6 Å². The first kappa shape index (κ1) is 58.5. The normalized spacial score (nSPS) is 13.5. The molecule has 2 unspecified atom stereocenters. The molecule has 59 heavy (non-hydrogen) atoms. The molecule has 0 spiro atoms.